The molecule has 1 saturated carbocycles. The first-order valence-electron chi connectivity index (χ1n) is 10.8. The SMILES string of the molecule is Cc1cc(CCCC[C@@]2(c3ccccn3)CCOC3(CCCC3)C2)cnc1Cl. The molecule has 2 aromatic rings. The molecule has 1 aliphatic heterocycles. The molecular weight excluding hydrogens is 368 g/mol. The van der Waals surface area contributed by atoms with Crippen molar-refractivity contribution in [2.75, 3.05) is 6.61 Å². The van der Waals surface area contributed by atoms with Crippen LogP contribution in [0.1, 0.15) is 74.6 Å². The lowest BCUT2D eigenvalue weighted by Gasteiger charge is -2.46. The highest BCUT2D eigenvalue weighted by Crippen LogP contribution is 2.50. The molecule has 1 atom stereocenters. The van der Waals surface area contributed by atoms with E-state index in [-0.39, 0.29) is 11.0 Å². The quantitative estimate of drug-likeness (QED) is 0.428. The van der Waals surface area contributed by atoms with E-state index < -0.39 is 0 Å². The van der Waals surface area contributed by atoms with Crippen LogP contribution in [-0.2, 0) is 16.6 Å². The number of pyridine rings is 2. The van der Waals surface area contributed by atoms with Gasteiger partial charge in [0.15, 0.2) is 0 Å². The zero-order chi connectivity index (χ0) is 19.5. The lowest BCUT2D eigenvalue weighted by molar-refractivity contribution is -0.104. The van der Waals surface area contributed by atoms with Crippen molar-refractivity contribution in [3.63, 3.8) is 0 Å². The van der Waals surface area contributed by atoms with E-state index in [4.69, 9.17) is 21.3 Å². The van der Waals surface area contributed by atoms with Gasteiger partial charge in [-0.25, -0.2) is 4.98 Å². The summed E-state index contributed by atoms with van der Waals surface area (Å²) in [5.41, 5.74) is 3.89. The summed E-state index contributed by atoms with van der Waals surface area (Å²) in [6, 6.07) is 8.58. The number of rotatable bonds is 6. The fraction of sp³-hybridized carbons (Fsp3) is 0.583. The molecule has 2 aromatic heterocycles. The summed E-state index contributed by atoms with van der Waals surface area (Å²) in [6.07, 6.45) is 15.8. The number of aryl methyl sites for hydroxylation is 2. The molecule has 28 heavy (non-hydrogen) atoms. The van der Waals surface area contributed by atoms with Gasteiger partial charge in [0.2, 0.25) is 0 Å². The van der Waals surface area contributed by atoms with Gasteiger partial charge in [-0.2, -0.15) is 0 Å². The van der Waals surface area contributed by atoms with Gasteiger partial charge >= 0.3 is 0 Å². The molecule has 0 bridgehead atoms. The van der Waals surface area contributed by atoms with Crippen molar-refractivity contribution < 1.29 is 4.74 Å². The maximum absolute atomic E-state index is 6.35. The van der Waals surface area contributed by atoms with Crippen LogP contribution in [0.25, 0.3) is 0 Å². The van der Waals surface area contributed by atoms with Crippen LogP contribution >= 0.6 is 11.6 Å². The first-order chi connectivity index (χ1) is 13.6. The Balaban J connectivity index is 1.45. The number of hydrogen-bond donors (Lipinski definition) is 0. The van der Waals surface area contributed by atoms with E-state index in [0.717, 1.165) is 31.4 Å². The van der Waals surface area contributed by atoms with Crippen LogP contribution in [0, 0.1) is 6.92 Å². The van der Waals surface area contributed by atoms with E-state index in [1.165, 1.54) is 56.2 Å². The normalized spacial score (nSPS) is 23.9. The largest absolute Gasteiger partial charge is 0.375 e. The first kappa shape index (κ1) is 19.8. The molecule has 0 unspecified atom stereocenters. The van der Waals surface area contributed by atoms with Crippen LogP contribution in [0.4, 0.5) is 0 Å². The average Bonchev–Trinajstić information content (AvgIpc) is 3.16. The monoisotopic (exact) mass is 398 g/mol. The van der Waals surface area contributed by atoms with Crippen LogP contribution in [-0.4, -0.2) is 22.2 Å². The summed E-state index contributed by atoms with van der Waals surface area (Å²) in [5.74, 6) is 0. The van der Waals surface area contributed by atoms with Crippen molar-refractivity contribution >= 4 is 11.6 Å². The standard InChI is InChI=1S/C24H31ClN2O/c1-19-16-20(17-27-22(19)25)8-2-4-10-23(21-9-3-7-14-26-21)13-15-28-24(18-23)11-5-6-12-24/h3,7,9,14,16-17H,2,4-6,8,10-13,15,18H2,1H3/t23-/m1/s1. The predicted octanol–water partition coefficient (Wildman–Crippen LogP) is 6.21. The lowest BCUT2D eigenvalue weighted by Crippen LogP contribution is -2.46. The van der Waals surface area contributed by atoms with Crippen molar-refractivity contribution in [1.82, 2.24) is 9.97 Å². The van der Waals surface area contributed by atoms with Crippen LogP contribution < -0.4 is 0 Å². The highest BCUT2D eigenvalue weighted by atomic mass is 35.5. The molecule has 4 rings (SSSR count). The third-order valence-corrected chi connectivity index (χ3v) is 7.21. The summed E-state index contributed by atoms with van der Waals surface area (Å²) < 4.78 is 6.35. The molecule has 3 heterocycles. The van der Waals surface area contributed by atoms with Gasteiger partial charge in [-0.1, -0.05) is 43.0 Å². The summed E-state index contributed by atoms with van der Waals surface area (Å²) in [4.78, 5) is 9.10. The van der Waals surface area contributed by atoms with Gasteiger partial charge in [0.1, 0.15) is 5.15 Å². The summed E-state index contributed by atoms with van der Waals surface area (Å²) in [5, 5.41) is 0.613. The molecule has 2 aliphatic rings. The smallest absolute Gasteiger partial charge is 0.131 e. The topological polar surface area (TPSA) is 35.0 Å². The van der Waals surface area contributed by atoms with Gasteiger partial charge in [-0.05, 0) is 75.1 Å². The maximum Gasteiger partial charge on any atom is 0.131 e. The minimum Gasteiger partial charge on any atom is -0.375 e. The molecule has 2 fully saturated rings. The van der Waals surface area contributed by atoms with Gasteiger partial charge in [-0.3, -0.25) is 4.98 Å². The van der Waals surface area contributed by atoms with E-state index in [9.17, 15) is 0 Å². The maximum atomic E-state index is 6.35. The number of nitrogens with zero attached hydrogens (tertiary/aromatic N) is 2. The Morgan fingerprint density at radius 2 is 1.96 bits per heavy atom. The highest BCUT2D eigenvalue weighted by molar-refractivity contribution is 6.30. The number of hydrogen-bond acceptors (Lipinski definition) is 3. The Morgan fingerprint density at radius 1 is 1.11 bits per heavy atom. The highest BCUT2D eigenvalue weighted by Gasteiger charge is 2.48. The van der Waals surface area contributed by atoms with Gasteiger partial charge in [0.05, 0.1) is 5.60 Å². The molecule has 1 spiro atoms. The van der Waals surface area contributed by atoms with Crippen molar-refractivity contribution in [2.45, 2.75) is 82.1 Å². The molecular formula is C24H31ClN2O. The number of unbranched alkanes of at least 4 members (excludes halogenated alkanes) is 1. The van der Waals surface area contributed by atoms with Gasteiger partial charge in [-0.15, -0.1) is 0 Å². The summed E-state index contributed by atoms with van der Waals surface area (Å²) in [7, 11) is 0. The van der Waals surface area contributed by atoms with Crippen molar-refractivity contribution in [2.24, 2.45) is 0 Å². The van der Waals surface area contributed by atoms with Gasteiger partial charge in [0, 0.05) is 30.1 Å². The fourth-order valence-corrected chi connectivity index (χ4v) is 5.44. The second kappa shape index (κ2) is 8.51. The molecule has 0 N–H and O–H groups in total. The second-order valence-corrected chi connectivity index (χ2v) is 9.18. The molecule has 150 valence electrons. The Hall–Kier alpha value is -1.45. The average molecular weight is 399 g/mol. The number of ether oxygens (including phenoxy) is 1. The van der Waals surface area contributed by atoms with Crippen molar-refractivity contribution in [3.05, 3.63) is 58.6 Å². The first-order valence-corrected chi connectivity index (χ1v) is 11.2. The van der Waals surface area contributed by atoms with Gasteiger partial charge < -0.3 is 4.74 Å². The zero-order valence-electron chi connectivity index (χ0n) is 16.9. The van der Waals surface area contributed by atoms with Crippen molar-refractivity contribution in [3.8, 4) is 0 Å². The minimum atomic E-state index is 0.104. The molecule has 3 nitrogen and oxygen atoms in total. The summed E-state index contributed by atoms with van der Waals surface area (Å²) in [6.45, 7) is 2.90. The minimum absolute atomic E-state index is 0.104. The van der Waals surface area contributed by atoms with Crippen LogP contribution in [0.5, 0.6) is 0 Å². The van der Waals surface area contributed by atoms with Gasteiger partial charge in [0.25, 0.3) is 0 Å². The third-order valence-electron chi connectivity index (χ3n) is 6.81. The Kier molecular flexibility index (Phi) is 6.03. The molecule has 1 saturated heterocycles. The third kappa shape index (κ3) is 4.26. The van der Waals surface area contributed by atoms with Crippen LogP contribution in [0.15, 0.2) is 36.7 Å². The molecule has 0 aromatic carbocycles. The number of aromatic nitrogens is 2. The van der Waals surface area contributed by atoms with Crippen molar-refractivity contribution in [1.29, 1.82) is 0 Å². The molecule has 0 radical (unpaired) electrons. The fourth-order valence-electron chi connectivity index (χ4n) is 5.34. The number of halogens is 1. The lowest BCUT2D eigenvalue weighted by atomic mass is 9.67. The van der Waals surface area contributed by atoms with E-state index >= 15 is 0 Å². The van der Waals surface area contributed by atoms with E-state index in [0.29, 0.717) is 5.15 Å². The van der Waals surface area contributed by atoms with Crippen LogP contribution in [0.2, 0.25) is 5.15 Å². The molecule has 4 heteroatoms. The van der Waals surface area contributed by atoms with E-state index in [2.05, 4.69) is 23.2 Å². The van der Waals surface area contributed by atoms with E-state index in [1.54, 1.807) is 0 Å². The van der Waals surface area contributed by atoms with E-state index in [1.807, 2.05) is 25.4 Å². The summed E-state index contributed by atoms with van der Waals surface area (Å²) >= 11 is 6.06. The Morgan fingerprint density at radius 3 is 2.71 bits per heavy atom. The van der Waals surface area contributed by atoms with Crippen LogP contribution in [0.3, 0.4) is 0 Å². The Labute approximate surface area is 173 Å². The molecule has 0 amide bonds. The molecule has 1 aliphatic carbocycles. The second-order valence-electron chi connectivity index (χ2n) is 8.82. The zero-order valence-corrected chi connectivity index (χ0v) is 17.7. The Bertz CT molecular complexity index is 788. The predicted molar refractivity (Wildman–Crippen MR) is 114 cm³/mol.